The second kappa shape index (κ2) is 5.92. The van der Waals surface area contributed by atoms with Crippen LogP contribution in [0.3, 0.4) is 0 Å². The molecule has 1 N–H and O–H groups in total. The Balaban J connectivity index is 2.04. The van der Waals surface area contributed by atoms with Crippen molar-refractivity contribution in [1.82, 2.24) is 0 Å². The summed E-state index contributed by atoms with van der Waals surface area (Å²) < 4.78 is 11.6. The molecule has 0 radical (unpaired) electrons. The van der Waals surface area contributed by atoms with Crippen molar-refractivity contribution in [3.8, 4) is 5.75 Å². The van der Waals surface area contributed by atoms with Crippen LogP contribution in [0.25, 0.3) is 0 Å². The largest absolute Gasteiger partial charge is 0.495 e. The monoisotopic (exact) mass is 327 g/mol. The maximum atomic E-state index is 12.1. The third-order valence-electron chi connectivity index (χ3n) is 3.62. The number of carbonyl (C=O) groups excluding carboxylic acids is 1. The molecule has 5 heteroatoms. The maximum absolute atomic E-state index is 12.1. The second-order valence-electron chi connectivity index (χ2n) is 4.81. The Kier molecular flexibility index (Phi) is 4.47. The topological polar surface area (TPSA) is 47.6 Å². The lowest BCUT2D eigenvalue weighted by Crippen LogP contribution is -2.42. The molecule has 4 nitrogen and oxygen atoms in total. The third-order valence-corrected chi connectivity index (χ3v) is 4.11. The first-order chi connectivity index (χ1) is 9.08. The van der Waals surface area contributed by atoms with Crippen molar-refractivity contribution >= 4 is 27.5 Å². The van der Waals surface area contributed by atoms with Gasteiger partial charge < -0.3 is 14.8 Å². The van der Waals surface area contributed by atoms with Crippen LogP contribution in [-0.2, 0) is 9.53 Å². The van der Waals surface area contributed by atoms with Gasteiger partial charge in [0.15, 0.2) is 0 Å². The molecule has 0 aromatic heterocycles. The molecule has 1 fully saturated rings. The van der Waals surface area contributed by atoms with Gasteiger partial charge in [0, 0.05) is 11.6 Å². The van der Waals surface area contributed by atoms with Gasteiger partial charge in [0.25, 0.3) is 0 Å². The summed E-state index contributed by atoms with van der Waals surface area (Å²) in [5.74, 6) is 0.606. The van der Waals surface area contributed by atoms with Crippen LogP contribution < -0.4 is 10.1 Å². The standard InChI is InChI=1S/C14H18BrNO3/c1-18-12-5-4-10(15)8-11(12)16-13(17)9-14(19-2)6-3-7-14/h4-5,8H,3,6-7,9H2,1-2H3,(H,16,17). The van der Waals surface area contributed by atoms with Gasteiger partial charge in [-0.1, -0.05) is 15.9 Å². The fourth-order valence-electron chi connectivity index (χ4n) is 2.29. The average Bonchev–Trinajstić information content (AvgIpc) is 2.34. The van der Waals surface area contributed by atoms with Crippen LogP contribution in [0.2, 0.25) is 0 Å². The van der Waals surface area contributed by atoms with Crippen LogP contribution in [0, 0.1) is 0 Å². The van der Waals surface area contributed by atoms with Crippen molar-refractivity contribution in [3.63, 3.8) is 0 Å². The zero-order valence-electron chi connectivity index (χ0n) is 11.2. The molecular formula is C14H18BrNO3. The van der Waals surface area contributed by atoms with Crippen molar-refractivity contribution in [2.24, 2.45) is 0 Å². The molecule has 1 aliphatic carbocycles. The number of halogens is 1. The highest BCUT2D eigenvalue weighted by atomic mass is 79.9. The minimum Gasteiger partial charge on any atom is -0.495 e. The molecule has 0 spiro atoms. The minimum atomic E-state index is -0.261. The molecule has 2 rings (SSSR count). The van der Waals surface area contributed by atoms with E-state index in [4.69, 9.17) is 9.47 Å². The van der Waals surface area contributed by atoms with Gasteiger partial charge in [0.2, 0.25) is 5.91 Å². The molecule has 0 saturated heterocycles. The van der Waals surface area contributed by atoms with Crippen molar-refractivity contribution in [3.05, 3.63) is 22.7 Å². The fourth-order valence-corrected chi connectivity index (χ4v) is 2.65. The summed E-state index contributed by atoms with van der Waals surface area (Å²) in [5, 5.41) is 2.89. The molecule has 0 unspecified atom stereocenters. The predicted octanol–water partition coefficient (Wildman–Crippen LogP) is 3.36. The van der Waals surface area contributed by atoms with Crippen LogP contribution >= 0.6 is 15.9 Å². The van der Waals surface area contributed by atoms with Gasteiger partial charge in [0.05, 0.1) is 24.8 Å². The van der Waals surface area contributed by atoms with Crippen molar-refractivity contribution in [1.29, 1.82) is 0 Å². The number of ether oxygens (including phenoxy) is 2. The summed E-state index contributed by atoms with van der Waals surface area (Å²) in [5.41, 5.74) is 0.413. The lowest BCUT2D eigenvalue weighted by molar-refractivity contribution is -0.129. The summed E-state index contributed by atoms with van der Waals surface area (Å²) in [7, 11) is 3.26. The van der Waals surface area contributed by atoms with E-state index in [1.807, 2.05) is 18.2 Å². The Labute approximate surface area is 121 Å². The molecule has 1 aromatic rings. The summed E-state index contributed by atoms with van der Waals surface area (Å²) in [6.07, 6.45) is 3.42. The molecule has 0 bridgehead atoms. The fraction of sp³-hybridized carbons (Fsp3) is 0.500. The van der Waals surface area contributed by atoms with Crippen LogP contribution in [-0.4, -0.2) is 25.7 Å². The smallest absolute Gasteiger partial charge is 0.227 e. The molecule has 1 amide bonds. The highest BCUT2D eigenvalue weighted by Crippen LogP contribution is 2.38. The Morgan fingerprint density at radius 1 is 1.42 bits per heavy atom. The van der Waals surface area contributed by atoms with Gasteiger partial charge in [-0.3, -0.25) is 4.79 Å². The molecular weight excluding hydrogens is 310 g/mol. The van der Waals surface area contributed by atoms with Crippen molar-refractivity contribution < 1.29 is 14.3 Å². The molecule has 104 valence electrons. The van der Waals surface area contributed by atoms with E-state index < -0.39 is 0 Å². The molecule has 0 heterocycles. The maximum Gasteiger partial charge on any atom is 0.227 e. The number of anilines is 1. The van der Waals surface area contributed by atoms with Crippen molar-refractivity contribution in [2.45, 2.75) is 31.3 Å². The molecule has 19 heavy (non-hydrogen) atoms. The van der Waals surface area contributed by atoms with Gasteiger partial charge in [-0.15, -0.1) is 0 Å². The number of hydrogen-bond donors (Lipinski definition) is 1. The first-order valence-corrected chi connectivity index (χ1v) is 7.06. The predicted molar refractivity (Wildman–Crippen MR) is 77.5 cm³/mol. The van der Waals surface area contributed by atoms with Gasteiger partial charge in [-0.05, 0) is 37.5 Å². The average molecular weight is 328 g/mol. The van der Waals surface area contributed by atoms with E-state index in [-0.39, 0.29) is 11.5 Å². The lowest BCUT2D eigenvalue weighted by atomic mass is 9.77. The molecule has 0 aliphatic heterocycles. The van der Waals surface area contributed by atoms with Crippen LogP contribution in [0.1, 0.15) is 25.7 Å². The van der Waals surface area contributed by atoms with Gasteiger partial charge in [-0.25, -0.2) is 0 Å². The zero-order valence-corrected chi connectivity index (χ0v) is 12.7. The molecule has 1 saturated carbocycles. The molecule has 1 aliphatic rings. The Morgan fingerprint density at radius 2 is 2.16 bits per heavy atom. The number of hydrogen-bond acceptors (Lipinski definition) is 3. The van der Waals surface area contributed by atoms with E-state index in [0.717, 1.165) is 23.7 Å². The summed E-state index contributed by atoms with van der Waals surface area (Å²) >= 11 is 3.38. The highest BCUT2D eigenvalue weighted by Gasteiger charge is 2.39. The Bertz CT molecular complexity index is 466. The van der Waals surface area contributed by atoms with E-state index in [1.165, 1.54) is 0 Å². The Morgan fingerprint density at radius 3 is 2.68 bits per heavy atom. The number of carbonyl (C=O) groups is 1. The summed E-state index contributed by atoms with van der Waals surface area (Å²) in [6.45, 7) is 0. The minimum absolute atomic E-state index is 0.0436. The second-order valence-corrected chi connectivity index (χ2v) is 5.73. The van der Waals surface area contributed by atoms with Crippen LogP contribution in [0.15, 0.2) is 22.7 Å². The van der Waals surface area contributed by atoms with E-state index in [9.17, 15) is 4.79 Å². The van der Waals surface area contributed by atoms with E-state index in [0.29, 0.717) is 17.9 Å². The van der Waals surface area contributed by atoms with E-state index in [2.05, 4.69) is 21.2 Å². The van der Waals surface area contributed by atoms with Crippen molar-refractivity contribution in [2.75, 3.05) is 19.5 Å². The first-order valence-electron chi connectivity index (χ1n) is 6.27. The molecule has 0 atom stereocenters. The SMILES string of the molecule is COc1ccc(Br)cc1NC(=O)CC1(OC)CCC1. The summed E-state index contributed by atoms with van der Waals surface area (Å²) in [4.78, 5) is 12.1. The van der Waals surface area contributed by atoms with Gasteiger partial charge >= 0.3 is 0 Å². The van der Waals surface area contributed by atoms with E-state index in [1.54, 1.807) is 14.2 Å². The van der Waals surface area contributed by atoms with Crippen LogP contribution in [0.4, 0.5) is 5.69 Å². The molecule has 1 aromatic carbocycles. The summed E-state index contributed by atoms with van der Waals surface area (Å²) in [6, 6.07) is 5.52. The van der Waals surface area contributed by atoms with Gasteiger partial charge in [-0.2, -0.15) is 0 Å². The van der Waals surface area contributed by atoms with Gasteiger partial charge in [0.1, 0.15) is 5.75 Å². The Hall–Kier alpha value is -1.07. The van der Waals surface area contributed by atoms with Crippen LogP contribution in [0.5, 0.6) is 5.75 Å². The van der Waals surface area contributed by atoms with E-state index >= 15 is 0 Å². The number of benzene rings is 1. The number of rotatable bonds is 5. The third kappa shape index (κ3) is 3.28. The lowest BCUT2D eigenvalue weighted by Gasteiger charge is -2.39. The zero-order chi connectivity index (χ0) is 13.9. The number of amides is 1. The normalized spacial score (nSPS) is 16.6. The highest BCUT2D eigenvalue weighted by molar-refractivity contribution is 9.10. The number of methoxy groups -OCH3 is 2. The quantitative estimate of drug-likeness (QED) is 0.902. The first kappa shape index (κ1) is 14.3. The number of nitrogens with one attached hydrogen (secondary N) is 1.